The molecule has 28 heavy (non-hydrogen) atoms. The summed E-state index contributed by atoms with van der Waals surface area (Å²) in [6.45, 7) is 5.48. The SMILES string of the molecule is CCOC(=O)c1cccc(NC(=O)C(NC(=O)c2ccccc2F)C(C)C)c1. The van der Waals surface area contributed by atoms with Gasteiger partial charge in [-0.05, 0) is 43.2 Å². The molecular weight excluding hydrogens is 363 g/mol. The van der Waals surface area contributed by atoms with Gasteiger partial charge < -0.3 is 15.4 Å². The third kappa shape index (κ3) is 5.39. The summed E-state index contributed by atoms with van der Waals surface area (Å²) in [7, 11) is 0. The maximum Gasteiger partial charge on any atom is 0.338 e. The number of benzene rings is 2. The summed E-state index contributed by atoms with van der Waals surface area (Å²) in [6.07, 6.45) is 0. The van der Waals surface area contributed by atoms with Crippen LogP contribution in [0.5, 0.6) is 0 Å². The number of carbonyl (C=O) groups is 3. The lowest BCUT2D eigenvalue weighted by Crippen LogP contribution is -2.47. The second kappa shape index (κ2) is 9.64. The minimum atomic E-state index is -0.890. The van der Waals surface area contributed by atoms with Gasteiger partial charge in [-0.3, -0.25) is 9.59 Å². The molecule has 2 rings (SSSR count). The fourth-order valence-corrected chi connectivity index (χ4v) is 2.56. The first kappa shape index (κ1) is 21.1. The van der Waals surface area contributed by atoms with Crippen LogP contribution in [0.1, 0.15) is 41.5 Å². The quantitative estimate of drug-likeness (QED) is 0.715. The lowest BCUT2D eigenvalue weighted by atomic mass is 10.0. The molecule has 0 bridgehead atoms. The highest BCUT2D eigenvalue weighted by molar-refractivity contribution is 6.02. The molecule has 2 N–H and O–H groups in total. The van der Waals surface area contributed by atoms with Gasteiger partial charge in [0.15, 0.2) is 0 Å². The molecule has 0 saturated carbocycles. The molecule has 148 valence electrons. The number of anilines is 1. The van der Waals surface area contributed by atoms with E-state index in [-0.39, 0.29) is 18.1 Å². The van der Waals surface area contributed by atoms with E-state index in [1.165, 1.54) is 24.3 Å². The number of carbonyl (C=O) groups excluding carboxylic acids is 3. The highest BCUT2D eigenvalue weighted by atomic mass is 19.1. The molecule has 0 saturated heterocycles. The van der Waals surface area contributed by atoms with Crippen molar-refractivity contribution in [1.82, 2.24) is 5.32 Å². The van der Waals surface area contributed by atoms with Gasteiger partial charge in [-0.2, -0.15) is 0 Å². The highest BCUT2D eigenvalue weighted by Crippen LogP contribution is 2.14. The topological polar surface area (TPSA) is 84.5 Å². The Morgan fingerprint density at radius 3 is 2.43 bits per heavy atom. The maximum absolute atomic E-state index is 13.8. The number of hydrogen-bond donors (Lipinski definition) is 2. The van der Waals surface area contributed by atoms with E-state index in [2.05, 4.69) is 10.6 Å². The van der Waals surface area contributed by atoms with Crippen LogP contribution in [0, 0.1) is 11.7 Å². The van der Waals surface area contributed by atoms with Gasteiger partial charge in [-0.25, -0.2) is 9.18 Å². The van der Waals surface area contributed by atoms with E-state index >= 15 is 0 Å². The van der Waals surface area contributed by atoms with Gasteiger partial charge >= 0.3 is 5.97 Å². The van der Waals surface area contributed by atoms with Crippen molar-refractivity contribution in [2.24, 2.45) is 5.92 Å². The number of amides is 2. The second-order valence-electron chi connectivity index (χ2n) is 6.47. The van der Waals surface area contributed by atoms with Crippen LogP contribution in [-0.2, 0) is 9.53 Å². The van der Waals surface area contributed by atoms with E-state index in [1.54, 1.807) is 45.0 Å². The van der Waals surface area contributed by atoms with E-state index in [0.717, 1.165) is 0 Å². The standard InChI is InChI=1S/C21H23FN2O4/c1-4-28-21(27)14-8-7-9-15(12-14)23-20(26)18(13(2)3)24-19(25)16-10-5-6-11-17(16)22/h5-13,18H,4H2,1-3H3,(H,23,26)(H,24,25). The average Bonchev–Trinajstić information content (AvgIpc) is 2.66. The fraction of sp³-hybridized carbons (Fsp3) is 0.286. The van der Waals surface area contributed by atoms with Gasteiger partial charge in [0, 0.05) is 5.69 Å². The monoisotopic (exact) mass is 386 g/mol. The molecule has 0 aromatic heterocycles. The summed E-state index contributed by atoms with van der Waals surface area (Å²) in [5.41, 5.74) is 0.558. The largest absolute Gasteiger partial charge is 0.462 e. The zero-order valence-corrected chi connectivity index (χ0v) is 16.0. The Kier molecular flexibility index (Phi) is 7.26. The predicted molar refractivity (Wildman–Crippen MR) is 104 cm³/mol. The summed E-state index contributed by atoms with van der Waals surface area (Å²) in [5.74, 6) is -2.55. The van der Waals surface area contributed by atoms with E-state index in [4.69, 9.17) is 4.74 Å². The van der Waals surface area contributed by atoms with Crippen molar-refractivity contribution in [2.45, 2.75) is 26.8 Å². The van der Waals surface area contributed by atoms with Gasteiger partial charge in [0.1, 0.15) is 11.9 Å². The molecule has 2 amide bonds. The predicted octanol–water partition coefficient (Wildman–Crippen LogP) is 3.40. The van der Waals surface area contributed by atoms with Gasteiger partial charge in [0.25, 0.3) is 5.91 Å². The molecular formula is C21H23FN2O4. The van der Waals surface area contributed by atoms with Crippen LogP contribution in [0.4, 0.5) is 10.1 Å². The number of ether oxygens (including phenoxy) is 1. The molecule has 2 aromatic carbocycles. The van der Waals surface area contributed by atoms with Crippen molar-refractivity contribution < 1.29 is 23.5 Å². The van der Waals surface area contributed by atoms with Crippen LogP contribution in [0.25, 0.3) is 0 Å². The molecule has 0 spiro atoms. The summed E-state index contributed by atoms with van der Waals surface area (Å²) in [4.78, 5) is 36.9. The van der Waals surface area contributed by atoms with Crippen LogP contribution >= 0.6 is 0 Å². The molecule has 0 fully saturated rings. The number of halogens is 1. The van der Waals surface area contributed by atoms with E-state index in [9.17, 15) is 18.8 Å². The Balaban J connectivity index is 2.13. The normalized spacial score (nSPS) is 11.6. The summed E-state index contributed by atoms with van der Waals surface area (Å²) in [6, 6.07) is 11.0. The van der Waals surface area contributed by atoms with E-state index in [1.807, 2.05) is 0 Å². The highest BCUT2D eigenvalue weighted by Gasteiger charge is 2.26. The maximum atomic E-state index is 13.8. The molecule has 6 nitrogen and oxygen atoms in total. The molecule has 7 heteroatoms. The van der Waals surface area contributed by atoms with Crippen LogP contribution in [0.3, 0.4) is 0 Å². The minimum Gasteiger partial charge on any atom is -0.462 e. The van der Waals surface area contributed by atoms with Crippen molar-refractivity contribution in [3.63, 3.8) is 0 Å². The first-order chi connectivity index (χ1) is 13.3. The smallest absolute Gasteiger partial charge is 0.338 e. The van der Waals surface area contributed by atoms with Crippen molar-refractivity contribution >= 4 is 23.5 Å². The Labute approximate surface area is 163 Å². The first-order valence-corrected chi connectivity index (χ1v) is 8.97. The molecule has 2 aromatic rings. The second-order valence-corrected chi connectivity index (χ2v) is 6.47. The Hall–Kier alpha value is -3.22. The molecule has 1 unspecified atom stereocenters. The number of rotatable bonds is 7. The van der Waals surface area contributed by atoms with Crippen molar-refractivity contribution in [2.75, 3.05) is 11.9 Å². The van der Waals surface area contributed by atoms with E-state index < -0.39 is 29.6 Å². The zero-order valence-electron chi connectivity index (χ0n) is 16.0. The molecule has 0 aliphatic heterocycles. The van der Waals surface area contributed by atoms with E-state index in [0.29, 0.717) is 11.3 Å². The van der Waals surface area contributed by atoms with Crippen LogP contribution in [0.2, 0.25) is 0 Å². The van der Waals surface area contributed by atoms with Gasteiger partial charge in [-0.15, -0.1) is 0 Å². The van der Waals surface area contributed by atoms with Gasteiger partial charge in [0.2, 0.25) is 5.91 Å². The third-order valence-electron chi connectivity index (χ3n) is 4.00. The fourth-order valence-electron chi connectivity index (χ4n) is 2.56. The first-order valence-electron chi connectivity index (χ1n) is 8.97. The number of hydrogen-bond acceptors (Lipinski definition) is 4. The van der Waals surface area contributed by atoms with Crippen LogP contribution < -0.4 is 10.6 Å². The molecule has 0 aliphatic carbocycles. The van der Waals surface area contributed by atoms with Crippen molar-refractivity contribution in [1.29, 1.82) is 0 Å². The zero-order chi connectivity index (χ0) is 20.7. The summed E-state index contributed by atoms with van der Waals surface area (Å²) in [5, 5.41) is 5.25. The summed E-state index contributed by atoms with van der Waals surface area (Å²) >= 11 is 0. The van der Waals surface area contributed by atoms with Crippen molar-refractivity contribution in [3.05, 3.63) is 65.5 Å². The van der Waals surface area contributed by atoms with Crippen LogP contribution in [-0.4, -0.2) is 30.4 Å². The Bertz CT molecular complexity index is 867. The molecule has 1 atom stereocenters. The summed E-state index contributed by atoms with van der Waals surface area (Å²) < 4.78 is 18.8. The molecule has 0 aliphatic rings. The molecule has 0 heterocycles. The molecule has 0 radical (unpaired) electrons. The number of nitrogens with one attached hydrogen (secondary N) is 2. The lowest BCUT2D eigenvalue weighted by Gasteiger charge is -2.22. The van der Waals surface area contributed by atoms with Crippen LogP contribution in [0.15, 0.2) is 48.5 Å². The lowest BCUT2D eigenvalue weighted by molar-refractivity contribution is -0.118. The van der Waals surface area contributed by atoms with Gasteiger partial charge in [0.05, 0.1) is 17.7 Å². The van der Waals surface area contributed by atoms with Gasteiger partial charge in [-0.1, -0.05) is 32.0 Å². The average molecular weight is 386 g/mol. The Morgan fingerprint density at radius 1 is 1.07 bits per heavy atom. The minimum absolute atomic E-state index is 0.134. The number of esters is 1. The Morgan fingerprint density at radius 2 is 1.79 bits per heavy atom. The third-order valence-corrected chi connectivity index (χ3v) is 4.00. The van der Waals surface area contributed by atoms with Crippen molar-refractivity contribution in [3.8, 4) is 0 Å².